The summed E-state index contributed by atoms with van der Waals surface area (Å²) in [6.07, 6.45) is 1.99. The number of hydrogen-bond donors (Lipinski definition) is 1. The van der Waals surface area contributed by atoms with E-state index >= 15 is 0 Å². The number of carbonyl (C=O) groups excluding carboxylic acids is 4. The SMILES string of the molecule is COc1cc(C2C3=CCC4C(=O)N(c5ccc(C)c(Cl)c5)C(=O)C4C3CC3(Cl)C(=O)N(C)C(=O)C23Cl)cc(I)c1O. The zero-order chi connectivity index (χ0) is 29.8. The van der Waals surface area contributed by atoms with Crippen LogP contribution in [-0.2, 0) is 19.2 Å². The molecule has 8 nitrogen and oxygen atoms in total. The number of imide groups is 2. The Morgan fingerprint density at radius 3 is 2.41 bits per heavy atom. The van der Waals surface area contributed by atoms with Crippen molar-refractivity contribution in [3.63, 3.8) is 0 Å². The first-order valence-corrected chi connectivity index (χ1v) is 15.1. The molecule has 0 spiro atoms. The van der Waals surface area contributed by atoms with Gasteiger partial charge >= 0.3 is 0 Å². The monoisotopic (exact) mass is 728 g/mol. The fraction of sp³-hybridized carbons (Fsp3) is 0.379. The van der Waals surface area contributed by atoms with Crippen molar-refractivity contribution in [2.24, 2.45) is 17.8 Å². The average molecular weight is 730 g/mol. The molecule has 1 N–H and O–H groups in total. The minimum absolute atomic E-state index is 0.0856. The van der Waals surface area contributed by atoms with Crippen LogP contribution in [0.5, 0.6) is 11.5 Å². The first kappa shape index (κ1) is 28.8. The molecule has 6 rings (SSSR count). The Morgan fingerprint density at radius 2 is 1.76 bits per heavy atom. The maximum atomic E-state index is 14.1. The highest BCUT2D eigenvalue weighted by molar-refractivity contribution is 14.1. The van der Waals surface area contributed by atoms with Crippen molar-refractivity contribution in [3.05, 3.63) is 61.7 Å². The molecule has 2 aliphatic heterocycles. The van der Waals surface area contributed by atoms with Crippen molar-refractivity contribution in [1.82, 2.24) is 4.90 Å². The quantitative estimate of drug-likeness (QED) is 0.203. The molecule has 0 radical (unpaired) electrons. The van der Waals surface area contributed by atoms with Gasteiger partial charge in [-0.15, -0.1) is 23.2 Å². The summed E-state index contributed by atoms with van der Waals surface area (Å²) in [4.78, 5) is 53.3. The molecule has 6 unspecified atom stereocenters. The van der Waals surface area contributed by atoms with Crippen LogP contribution in [0.15, 0.2) is 42.0 Å². The summed E-state index contributed by atoms with van der Waals surface area (Å²) in [5.74, 6) is -5.14. The molecule has 0 aromatic heterocycles. The molecule has 6 atom stereocenters. The third-order valence-corrected chi connectivity index (χ3v) is 11.7. The van der Waals surface area contributed by atoms with Crippen LogP contribution in [0.2, 0.25) is 5.02 Å². The number of ether oxygens (including phenoxy) is 1. The number of fused-ring (bicyclic) bond motifs is 4. The maximum Gasteiger partial charge on any atom is 0.253 e. The smallest absolute Gasteiger partial charge is 0.253 e. The average Bonchev–Trinajstić information content (AvgIpc) is 3.26. The van der Waals surface area contributed by atoms with E-state index in [9.17, 15) is 24.3 Å². The molecule has 4 aliphatic rings. The van der Waals surface area contributed by atoms with E-state index < -0.39 is 51.1 Å². The van der Waals surface area contributed by atoms with Crippen LogP contribution in [0.4, 0.5) is 5.69 Å². The van der Waals surface area contributed by atoms with Gasteiger partial charge in [0.25, 0.3) is 11.8 Å². The number of anilines is 1. The molecule has 41 heavy (non-hydrogen) atoms. The molecule has 1 saturated carbocycles. The molecule has 0 bridgehead atoms. The first-order valence-electron chi connectivity index (χ1n) is 12.9. The van der Waals surface area contributed by atoms with Crippen LogP contribution < -0.4 is 9.64 Å². The third kappa shape index (κ3) is 3.71. The number of nitrogens with zero attached hydrogens (tertiary/aromatic N) is 2. The lowest BCUT2D eigenvalue weighted by molar-refractivity contribution is -0.138. The number of halogens is 4. The highest BCUT2D eigenvalue weighted by Gasteiger charge is 2.76. The van der Waals surface area contributed by atoms with Gasteiger partial charge in [-0.25, -0.2) is 4.90 Å². The van der Waals surface area contributed by atoms with Crippen LogP contribution >= 0.6 is 57.4 Å². The van der Waals surface area contributed by atoms with Crippen molar-refractivity contribution < 1.29 is 29.0 Å². The minimum atomic E-state index is -1.92. The van der Waals surface area contributed by atoms with E-state index in [2.05, 4.69) is 0 Å². The summed E-state index contributed by atoms with van der Waals surface area (Å²) in [7, 11) is 2.74. The van der Waals surface area contributed by atoms with Crippen molar-refractivity contribution in [2.75, 3.05) is 19.1 Å². The molecule has 12 heteroatoms. The van der Waals surface area contributed by atoms with E-state index in [0.717, 1.165) is 15.4 Å². The van der Waals surface area contributed by atoms with Crippen LogP contribution in [0.25, 0.3) is 0 Å². The van der Waals surface area contributed by atoms with E-state index in [0.29, 0.717) is 25.4 Å². The number of amides is 4. The molecule has 3 fully saturated rings. The second kappa shape index (κ2) is 9.59. The van der Waals surface area contributed by atoms with Crippen LogP contribution in [0.3, 0.4) is 0 Å². The second-order valence-corrected chi connectivity index (χ2v) is 13.8. The number of rotatable bonds is 3. The fourth-order valence-corrected chi connectivity index (χ4v) is 8.83. The van der Waals surface area contributed by atoms with Crippen molar-refractivity contribution in [2.45, 2.75) is 35.4 Å². The topological polar surface area (TPSA) is 104 Å². The predicted molar refractivity (Wildman–Crippen MR) is 162 cm³/mol. The Morgan fingerprint density at radius 1 is 1.05 bits per heavy atom. The number of benzene rings is 2. The highest BCUT2D eigenvalue weighted by atomic mass is 127. The van der Waals surface area contributed by atoms with E-state index in [4.69, 9.17) is 39.5 Å². The normalized spacial score (nSPS) is 32.6. The standard InChI is InChI=1S/C29H24Cl3IN2O6/c1-12-4-5-14(10-18(12)30)35-24(37)16-7-6-15-17(21(16)25(35)38)11-28(31)26(39)34(2)27(40)29(28,32)22(15)13-8-19(33)23(36)20(9-13)41-3/h4-6,8-10,16-17,21-22,36H,7,11H2,1-3H3. The highest BCUT2D eigenvalue weighted by Crippen LogP contribution is 2.65. The van der Waals surface area contributed by atoms with Crippen molar-refractivity contribution in [1.29, 1.82) is 0 Å². The molecule has 2 aliphatic carbocycles. The van der Waals surface area contributed by atoms with Gasteiger partial charge in [-0.3, -0.25) is 24.1 Å². The predicted octanol–water partition coefficient (Wildman–Crippen LogP) is 5.16. The molecular formula is C29H24Cl3IN2O6. The van der Waals surface area contributed by atoms with Crippen LogP contribution in [0.1, 0.15) is 29.9 Å². The van der Waals surface area contributed by atoms with Gasteiger partial charge in [0.1, 0.15) is 0 Å². The number of aryl methyl sites for hydroxylation is 1. The Kier molecular flexibility index (Phi) is 6.73. The lowest BCUT2D eigenvalue weighted by atomic mass is 9.56. The molecule has 2 aromatic carbocycles. The largest absolute Gasteiger partial charge is 0.504 e. The third-order valence-electron chi connectivity index (χ3n) is 9.03. The van der Waals surface area contributed by atoms with Crippen LogP contribution in [0, 0.1) is 28.2 Å². The van der Waals surface area contributed by atoms with Gasteiger partial charge in [-0.05, 0) is 83.7 Å². The molecule has 2 saturated heterocycles. The summed E-state index contributed by atoms with van der Waals surface area (Å²) in [5.41, 5.74) is 2.33. The van der Waals surface area contributed by atoms with E-state index in [1.165, 1.54) is 14.2 Å². The number of allylic oxidation sites excluding steroid dienone is 2. The zero-order valence-corrected chi connectivity index (χ0v) is 26.5. The van der Waals surface area contributed by atoms with Gasteiger partial charge in [0.2, 0.25) is 11.8 Å². The molecule has 214 valence electrons. The minimum Gasteiger partial charge on any atom is -0.504 e. The van der Waals surface area contributed by atoms with Gasteiger partial charge in [0.05, 0.1) is 28.2 Å². The fourth-order valence-electron chi connectivity index (χ4n) is 7.01. The Labute approximate surface area is 264 Å². The van der Waals surface area contributed by atoms with E-state index in [-0.39, 0.29) is 30.2 Å². The maximum absolute atomic E-state index is 14.1. The number of aromatic hydroxyl groups is 1. The van der Waals surface area contributed by atoms with Crippen molar-refractivity contribution in [3.8, 4) is 11.5 Å². The van der Waals surface area contributed by atoms with Gasteiger partial charge in [-0.1, -0.05) is 29.3 Å². The second-order valence-electron chi connectivity index (χ2n) is 11.0. The molecule has 4 amide bonds. The lowest BCUT2D eigenvalue weighted by Crippen LogP contribution is -2.60. The zero-order valence-electron chi connectivity index (χ0n) is 22.1. The Balaban J connectivity index is 1.53. The van der Waals surface area contributed by atoms with E-state index in [1.54, 1.807) is 30.3 Å². The summed E-state index contributed by atoms with van der Waals surface area (Å²) < 4.78 is 5.82. The molecule has 2 heterocycles. The molecule has 2 aromatic rings. The number of likely N-dealkylation sites (tertiary alicyclic amines) is 1. The number of alkyl halides is 2. The van der Waals surface area contributed by atoms with Gasteiger partial charge in [0, 0.05) is 18.0 Å². The number of phenols is 1. The van der Waals surface area contributed by atoms with Gasteiger partial charge < -0.3 is 9.84 Å². The Bertz CT molecular complexity index is 1610. The summed E-state index contributed by atoms with van der Waals surface area (Å²) in [6, 6.07) is 8.25. The summed E-state index contributed by atoms with van der Waals surface area (Å²) >= 11 is 22.7. The number of hydrogen-bond acceptors (Lipinski definition) is 6. The van der Waals surface area contributed by atoms with E-state index in [1.807, 2.05) is 35.6 Å². The lowest BCUT2D eigenvalue weighted by Gasteiger charge is -2.50. The van der Waals surface area contributed by atoms with Gasteiger partial charge in [-0.2, -0.15) is 0 Å². The first-order chi connectivity index (χ1) is 19.3. The number of carbonyl (C=O) groups is 4. The number of phenolic OH excluding ortho intramolecular Hbond substituents is 1. The molecular weight excluding hydrogens is 706 g/mol. The van der Waals surface area contributed by atoms with Crippen molar-refractivity contribution >= 4 is 86.7 Å². The van der Waals surface area contributed by atoms with Gasteiger partial charge in [0.15, 0.2) is 21.2 Å². The number of methoxy groups -OCH3 is 1. The Hall–Kier alpha value is -2.34. The summed E-state index contributed by atoms with van der Waals surface area (Å²) in [5, 5.41) is 10.9. The summed E-state index contributed by atoms with van der Waals surface area (Å²) in [6.45, 7) is 1.83. The van der Waals surface area contributed by atoms with Crippen LogP contribution in [-0.4, -0.2) is 57.5 Å².